The molecule has 0 bridgehead atoms. The fourth-order valence-corrected chi connectivity index (χ4v) is 3.43. The Bertz CT molecular complexity index is 421. The molecule has 0 radical (unpaired) electrons. The fraction of sp³-hybridized carbons (Fsp3) is 0.875. The smallest absolute Gasteiger partial charge is 0.323 e. The van der Waals surface area contributed by atoms with Gasteiger partial charge in [0, 0.05) is 18.9 Å². The molecule has 23 heavy (non-hydrogen) atoms. The highest BCUT2D eigenvalue weighted by Gasteiger charge is 2.43. The Labute approximate surface area is 137 Å². The van der Waals surface area contributed by atoms with Gasteiger partial charge in [-0.15, -0.1) is 0 Å². The summed E-state index contributed by atoms with van der Waals surface area (Å²) in [7, 11) is 2.72. The number of hydrogen-bond donors (Lipinski definition) is 0. The minimum Gasteiger partial charge on any atom is -0.469 e. The zero-order valence-corrected chi connectivity index (χ0v) is 14.2. The van der Waals surface area contributed by atoms with Gasteiger partial charge in [-0.2, -0.15) is 0 Å². The van der Waals surface area contributed by atoms with Crippen LogP contribution in [0, 0.1) is 5.92 Å². The zero-order chi connectivity index (χ0) is 16.9. The highest BCUT2D eigenvalue weighted by atomic mass is 16.7. The van der Waals surface area contributed by atoms with Gasteiger partial charge in [0.1, 0.15) is 6.04 Å². The number of ether oxygens (including phenoxy) is 4. The Hall–Kier alpha value is -1.18. The largest absolute Gasteiger partial charge is 0.469 e. The van der Waals surface area contributed by atoms with Gasteiger partial charge in [-0.25, -0.2) is 0 Å². The van der Waals surface area contributed by atoms with E-state index in [-0.39, 0.29) is 24.3 Å². The number of hydrogen-bond acceptors (Lipinski definition) is 7. The summed E-state index contributed by atoms with van der Waals surface area (Å²) in [6, 6.07) is -0.438. The molecule has 2 fully saturated rings. The van der Waals surface area contributed by atoms with Gasteiger partial charge >= 0.3 is 11.9 Å². The van der Waals surface area contributed by atoms with E-state index in [0.29, 0.717) is 26.2 Å². The molecule has 0 aliphatic carbocycles. The Balaban J connectivity index is 2.02. The SMILES string of the molecule is COC(=O)CC[C@H](C(=O)OC)N1CCC[C@H](C2(C)OCCO2)C1. The molecule has 0 aromatic rings. The first-order valence-corrected chi connectivity index (χ1v) is 8.16. The van der Waals surface area contributed by atoms with Crippen LogP contribution < -0.4 is 0 Å². The number of rotatable bonds is 6. The number of carbonyl (C=O) groups excluding carboxylic acids is 2. The van der Waals surface area contributed by atoms with Crippen LogP contribution in [0.15, 0.2) is 0 Å². The summed E-state index contributed by atoms with van der Waals surface area (Å²) in [5, 5.41) is 0. The summed E-state index contributed by atoms with van der Waals surface area (Å²) in [5.74, 6) is -1.01. The van der Waals surface area contributed by atoms with Crippen LogP contribution in [0.1, 0.15) is 32.6 Å². The highest BCUT2D eigenvalue weighted by Crippen LogP contribution is 2.35. The summed E-state index contributed by atoms with van der Waals surface area (Å²) in [5.41, 5.74) is 0. The van der Waals surface area contributed by atoms with Gasteiger partial charge in [0.25, 0.3) is 0 Å². The second-order valence-corrected chi connectivity index (χ2v) is 6.20. The second kappa shape index (κ2) is 8.08. The molecule has 0 amide bonds. The van der Waals surface area contributed by atoms with E-state index >= 15 is 0 Å². The Morgan fingerprint density at radius 2 is 1.96 bits per heavy atom. The van der Waals surface area contributed by atoms with Crippen LogP contribution in [0.2, 0.25) is 0 Å². The van der Waals surface area contributed by atoms with Crippen molar-refractivity contribution in [3.63, 3.8) is 0 Å². The molecule has 7 nitrogen and oxygen atoms in total. The third kappa shape index (κ3) is 4.43. The lowest BCUT2D eigenvalue weighted by molar-refractivity contribution is -0.195. The number of methoxy groups -OCH3 is 2. The summed E-state index contributed by atoms with van der Waals surface area (Å²) < 4.78 is 21.1. The molecule has 2 heterocycles. The van der Waals surface area contributed by atoms with Crippen molar-refractivity contribution in [1.29, 1.82) is 0 Å². The summed E-state index contributed by atoms with van der Waals surface area (Å²) >= 11 is 0. The molecule has 2 aliphatic heterocycles. The van der Waals surface area contributed by atoms with Crippen LogP contribution in [-0.2, 0) is 28.5 Å². The Morgan fingerprint density at radius 1 is 1.26 bits per heavy atom. The molecule has 0 aromatic heterocycles. The lowest BCUT2D eigenvalue weighted by Crippen LogP contribution is -2.52. The highest BCUT2D eigenvalue weighted by molar-refractivity contribution is 5.77. The number of carbonyl (C=O) groups is 2. The van der Waals surface area contributed by atoms with Crippen molar-refractivity contribution in [3.05, 3.63) is 0 Å². The van der Waals surface area contributed by atoms with Crippen molar-refractivity contribution in [2.45, 2.75) is 44.4 Å². The molecule has 2 atom stereocenters. The average Bonchev–Trinajstić information content (AvgIpc) is 3.02. The van der Waals surface area contributed by atoms with Crippen molar-refractivity contribution >= 4 is 11.9 Å². The maximum atomic E-state index is 12.1. The van der Waals surface area contributed by atoms with Gasteiger partial charge in [0.05, 0.1) is 27.4 Å². The molecule has 2 saturated heterocycles. The fourth-order valence-electron chi connectivity index (χ4n) is 3.43. The van der Waals surface area contributed by atoms with Crippen molar-refractivity contribution in [2.75, 3.05) is 40.5 Å². The molecule has 0 N–H and O–H groups in total. The van der Waals surface area contributed by atoms with Crippen molar-refractivity contribution in [1.82, 2.24) is 4.90 Å². The molecule has 0 unspecified atom stereocenters. The molecular formula is C16H27NO6. The van der Waals surface area contributed by atoms with E-state index in [0.717, 1.165) is 19.4 Å². The van der Waals surface area contributed by atoms with E-state index in [2.05, 4.69) is 9.64 Å². The molecule has 132 valence electrons. The standard InChI is InChI=1S/C16H27NO6/c1-16(22-9-10-23-16)12-5-4-8-17(11-12)13(15(19)21-3)6-7-14(18)20-2/h12-13H,4-11H2,1-3H3/t12-,13+/m0/s1. The average molecular weight is 329 g/mol. The van der Waals surface area contributed by atoms with Gasteiger partial charge in [-0.1, -0.05) is 0 Å². The molecule has 7 heteroatoms. The van der Waals surface area contributed by atoms with Crippen molar-refractivity contribution in [3.8, 4) is 0 Å². The van der Waals surface area contributed by atoms with Crippen molar-refractivity contribution < 1.29 is 28.5 Å². The molecule has 2 rings (SSSR count). The maximum Gasteiger partial charge on any atom is 0.323 e. The Kier molecular flexibility index (Phi) is 6.38. The third-order valence-corrected chi connectivity index (χ3v) is 4.82. The first-order valence-electron chi connectivity index (χ1n) is 8.16. The first kappa shape index (κ1) is 18.2. The molecule has 0 spiro atoms. The number of piperidine rings is 1. The minimum absolute atomic E-state index is 0.196. The number of likely N-dealkylation sites (tertiary alicyclic amines) is 1. The van der Waals surface area contributed by atoms with Crippen LogP contribution in [0.3, 0.4) is 0 Å². The topological polar surface area (TPSA) is 74.3 Å². The van der Waals surface area contributed by atoms with Crippen LogP contribution in [0.4, 0.5) is 0 Å². The van der Waals surface area contributed by atoms with Crippen LogP contribution in [0.5, 0.6) is 0 Å². The van der Waals surface area contributed by atoms with E-state index < -0.39 is 11.8 Å². The van der Waals surface area contributed by atoms with Crippen LogP contribution in [0.25, 0.3) is 0 Å². The van der Waals surface area contributed by atoms with Gasteiger partial charge in [0.2, 0.25) is 0 Å². The monoisotopic (exact) mass is 329 g/mol. The van der Waals surface area contributed by atoms with Gasteiger partial charge in [-0.05, 0) is 32.7 Å². The molecular weight excluding hydrogens is 302 g/mol. The van der Waals surface area contributed by atoms with Gasteiger partial charge in [-0.3, -0.25) is 14.5 Å². The summed E-state index contributed by atoms with van der Waals surface area (Å²) in [6.45, 7) is 4.67. The predicted molar refractivity (Wildman–Crippen MR) is 81.7 cm³/mol. The molecule has 0 aromatic carbocycles. The number of nitrogens with zero attached hydrogens (tertiary/aromatic N) is 1. The normalized spacial score (nSPS) is 25.8. The lowest BCUT2D eigenvalue weighted by Gasteiger charge is -2.42. The minimum atomic E-state index is -0.582. The zero-order valence-electron chi connectivity index (χ0n) is 14.2. The van der Waals surface area contributed by atoms with E-state index in [4.69, 9.17) is 14.2 Å². The van der Waals surface area contributed by atoms with Crippen LogP contribution in [-0.4, -0.2) is 69.2 Å². The quantitative estimate of drug-likeness (QED) is 0.672. The van der Waals surface area contributed by atoms with Gasteiger partial charge < -0.3 is 18.9 Å². The van der Waals surface area contributed by atoms with E-state index in [1.165, 1.54) is 14.2 Å². The second-order valence-electron chi connectivity index (χ2n) is 6.20. The first-order chi connectivity index (χ1) is 11.0. The maximum absolute atomic E-state index is 12.1. The van der Waals surface area contributed by atoms with Crippen molar-refractivity contribution in [2.24, 2.45) is 5.92 Å². The Morgan fingerprint density at radius 3 is 2.57 bits per heavy atom. The third-order valence-electron chi connectivity index (χ3n) is 4.82. The summed E-state index contributed by atoms with van der Waals surface area (Å²) in [6.07, 6.45) is 2.54. The predicted octanol–water partition coefficient (Wildman–Crippen LogP) is 0.956. The lowest BCUT2D eigenvalue weighted by atomic mass is 9.89. The number of esters is 2. The van der Waals surface area contributed by atoms with E-state index in [9.17, 15) is 9.59 Å². The van der Waals surface area contributed by atoms with Crippen LogP contribution >= 0.6 is 0 Å². The molecule has 0 saturated carbocycles. The van der Waals surface area contributed by atoms with E-state index in [1.54, 1.807) is 0 Å². The van der Waals surface area contributed by atoms with E-state index in [1.807, 2.05) is 6.92 Å². The molecule has 2 aliphatic rings. The van der Waals surface area contributed by atoms with Gasteiger partial charge in [0.15, 0.2) is 5.79 Å². The summed E-state index contributed by atoms with van der Waals surface area (Å²) in [4.78, 5) is 25.6.